The van der Waals surface area contributed by atoms with Crippen LogP contribution in [-0.4, -0.2) is 17.4 Å². The molecular formula is C15H24O3. The summed E-state index contributed by atoms with van der Waals surface area (Å²) in [4.78, 5) is 23.9. The molecule has 0 aliphatic heterocycles. The van der Waals surface area contributed by atoms with Crippen molar-refractivity contribution in [2.24, 2.45) is 11.3 Å². The molecule has 0 saturated heterocycles. The summed E-state index contributed by atoms with van der Waals surface area (Å²) < 4.78 is 5.66. The third-order valence-corrected chi connectivity index (χ3v) is 4.56. The Hall–Kier alpha value is -0.860. The summed E-state index contributed by atoms with van der Waals surface area (Å²) in [6.07, 6.45) is 6.14. The fourth-order valence-electron chi connectivity index (χ4n) is 3.47. The van der Waals surface area contributed by atoms with Crippen LogP contribution < -0.4 is 0 Å². The van der Waals surface area contributed by atoms with Crippen LogP contribution in [0.3, 0.4) is 0 Å². The quantitative estimate of drug-likeness (QED) is 0.705. The molecule has 0 aromatic carbocycles. The highest BCUT2D eigenvalue weighted by Gasteiger charge is 2.52. The Balaban J connectivity index is 1.96. The van der Waals surface area contributed by atoms with Gasteiger partial charge in [-0.3, -0.25) is 9.59 Å². The number of carbonyl (C=O) groups is 2. The molecule has 3 heteroatoms. The standard InChI is InChI=1S/C15H24O3/c1-4-12(16)10-14(2,3)18-13(17)15-7-5-11(9-15)6-8-15/h11H,4-10H2,1-3H3. The molecule has 2 rings (SSSR count). The summed E-state index contributed by atoms with van der Waals surface area (Å²) in [5.41, 5.74) is -0.864. The fraction of sp³-hybridized carbons (Fsp3) is 0.867. The van der Waals surface area contributed by atoms with E-state index >= 15 is 0 Å². The number of fused-ring (bicyclic) bond motifs is 2. The van der Waals surface area contributed by atoms with E-state index in [-0.39, 0.29) is 17.2 Å². The molecule has 2 bridgehead atoms. The molecule has 0 spiro atoms. The van der Waals surface area contributed by atoms with Crippen LogP contribution >= 0.6 is 0 Å². The summed E-state index contributed by atoms with van der Waals surface area (Å²) in [6, 6.07) is 0. The molecule has 18 heavy (non-hydrogen) atoms. The van der Waals surface area contributed by atoms with Gasteiger partial charge in [0.2, 0.25) is 0 Å². The van der Waals surface area contributed by atoms with Crippen LogP contribution in [0, 0.1) is 11.3 Å². The number of Topliss-reactive ketones (excluding diaryl/α,β-unsaturated/α-hetero) is 1. The largest absolute Gasteiger partial charge is 0.459 e. The zero-order valence-electron chi connectivity index (χ0n) is 11.8. The highest BCUT2D eigenvalue weighted by Crippen LogP contribution is 2.55. The van der Waals surface area contributed by atoms with E-state index in [0.29, 0.717) is 12.8 Å². The number of hydrogen-bond donors (Lipinski definition) is 0. The monoisotopic (exact) mass is 252 g/mol. The Labute approximate surface area is 109 Å². The van der Waals surface area contributed by atoms with Crippen molar-refractivity contribution in [1.82, 2.24) is 0 Å². The Morgan fingerprint density at radius 2 is 1.89 bits per heavy atom. The maximum Gasteiger partial charge on any atom is 0.312 e. The molecule has 0 N–H and O–H groups in total. The minimum atomic E-state index is -0.653. The number of hydrogen-bond acceptors (Lipinski definition) is 3. The Morgan fingerprint density at radius 3 is 2.33 bits per heavy atom. The Kier molecular flexibility index (Phi) is 3.52. The van der Waals surface area contributed by atoms with Gasteiger partial charge in [-0.2, -0.15) is 0 Å². The lowest BCUT2D eigenvalue weighted by molar-refractivity contribution is -0.169. The maximum absolute atomic E-state index is 12.4. The second-order valence-electron chi connectivity index (χ2n) is 6.65. The Morgan fingerprint density at radius 1 is 1.28 bits per heavy atom. The van der Waals surface area contributed by atoms with E-state index in [2.05, 4.69) is 0 Å². The van der Waals surface area contributed by atoms with Gasteiger partial charge in [-0.15, -0.1) is 0 Å². The molecule has 0 aromatic rings. The highest BCUT2D eigenvalue weighted by atomic mass is 16.6. The van der Waals surface area contributed by atoms with Gasteiger partial charge in [-0.05, 0) is 51.9 Å². The number of esters is 1. The molecule has 0 aromatic heterocycles. The van der Waals surface area contributed by atoms with E-state index < -0.39 is 5.60 Å². The Bertz CT molecular complexity index is 349. The molecule has 2 saturated carbocycles. The average Bonchev–Trinajstić information content (AvgIpc) is 2.88. The molecule has 3 nitrogen and oxygen atoms in total. The molecule has 102 valence electrons. The van der Waals surface area contributed by atoms with Gasteiger partial charge in [0.05, 0.1) is 5.41 Å². The van der Waals surface area contributed by atoms with E-state index in [1.54, 1.807) is 0 Å². The summed E-state index contributed by atoms with van der Waals surface area (Å²) >= 11 is 0. The average molecular weight is 252 g/mol. The topological polar surface area (TPSA) is 43.4 Å². The van der Waals surface area contributed by atoms with Crippen LogP contribution in [-0.2, 0) is 14.3 Å². The van der Waals surface area contributed by atoms with Gasteiger partial charge in [-0.1, -0.05) is 6.92 Å². The molecule has 0 unspecified atom stereocenters. The van der Waals surface area contributed by atoms with Crippen LogP contribution in [0.1, 0.15) is 65.7 Å². The number of ether oxygens (including phenoxy) is 1. The molecule has 0 amide bonds. The van der Waals surface area contributed by atoms with Crippen LogP contribution in [0.4, 0.5) is 0 Å². The SMILES string of the molecule is CCC(=O)CC(C)(C)OC(=O)C12CCC(CC1)C2. The number of ketones is 1. The molecule has 0 radical (unpaired) electrons. The van der Waals surface area contributed by atoms with Crippen molar-refractivity contribution in [2.45, 2.75) is 71.3 Å². The number of carbonyl (C=O) groups excluding carboxylic acids is 2. The summed E-state index contributed by atoms with van der Waals surface area (Å²) in [7, 11) is 0. The second-order valence-corrected chi connectivity index (χ2v) is 6.65. The van der Waals surface area contributed by atoms with E-state index in [4.69, 9.17) is 4.74 Å². The van der Waals surface area contributed by atoms with E-state index in [1.165, 1.54) is 12.8 Å². The van der Waals surface area contributed by atoms with Gasteiger partial charge < -0.3 is 4.74 Å². The van der Waals surface area contributed by atoms with Crippen LogP contribution in [0.25, 0.3) is 0 Å². The van der Waals surface area contributed by atoms with Crippen molar-refractivity contribution >= 4 is 11.8 Å². The molecular weight excluding hydrogens is 228 g/mol. The van der Waals surface area contributed by atoms with Gasteiger partial charge >= 0.3 is 5.97 Å². The van der Waals surface area contributed by atoms with Crippen LogP contribution in [0.2, 0.25) is 0 Å². The summed E-state index contributed by atoms with van der Waals surface area (Å²) in [6.45, 7) is 5.53. The van der Waals surface area contributed by atoms with Gasteiger partial charge in [0, 0.05) is 12.8 Å². The smallest absolute Gasteiger partial charge is 0.312 e. The molecule has 0 heterocycles. The van der Waals surface area contributed by atoms with E-state index in [1.807, 2.05) is 20.8 Å². The third kappa shape index (κ3) is 2.60. The summed E-state index contributed by atoms with van der Waals surface area (Å²) in [5.74, 6) is 0.829. The number of rotatable bonds is 5. The van der Waals surface area contributed by atoms with Crippen molar-refractivity contribution in [2.75, 3.05) is 0 Å². The van der Waals surface area contributed by atoms with Gasteiger partial charge in [0.25, 0.3) is 0 Å². The minimum absolute atomic E-state index is 0.0589. The molecule has 2 fully saturated rings. The van der Waals surface area contributed by atoms with Crippen molar-refractivity contribution in [3.8, 4) is 0 Å². The lowest BCUT2D eigenvalue weighted by atomic mass is 9.84. The molecule has 0 atom stereocenters. The normalized spacial score (nSPS) is 30.5. The lowest BCUT2D eigenvalue weighted by Gasteiger charge is -2.31. The second kappa shape index (κ2) is 4.67. The van der Waals surface area contributed by atoms with E-state index in [9.17, 15) is 9.59 Å². The van der Waals surface area contributed by atoms with Crippen molar-refractivity contribution in [1.29, 1.82) is 0 Å². The maximum atomic E-state index is 12.4. The fourth-order valence-corrected chi connectivity index (χ4v) is 3.47. The predicted octanol–water partition coefficient (Wildman–Crippen LogP) is 3.26. The first-order valence-corrected chi connectivity index (χ1v) is 7.12. The first-order valence-electron chi connectivity index (χ1n) is 7.12. The zero-order chi connectivity index (χ0) is 13.4. The van der Waals surface area contributed by atoms with Crippen LogP contribution in [0.15, 0.2) is 0 Å². The van der Waals surface area contributed by atoms with Gasteiger partial charge in [0.15, 0.2) is 0 Å². The molecule has 2 aliphatic rings. The lowest BCUT2D eigenvalue weighted by Crippen LogP contribution is -2.38. The third-order valence-electron chi connectivity index (χ3n) is 4.56. The van der Waals surface area contributed by atoms with Crippen LogP contribution in [0.5, 0.6) is 0 Å². The first-order chi connectivity index (χ1) is 8.37. The zero-order valence-corrected chi connectivity index (χ0v) is 11.8. The van der Waals surface area contributed by atoms with Gasteiger partial charge in [-0.25, -0.2) is 0 Å². The molecule has 2 aliphatic carbocycles. The van der Waals surface area contributed by atoms with Crippen molar-refractivity contribution < 1.29 is 14.3 Å². The first kappa shape index (κ1) is 13.6. The van der Waals surface area contributed by atoms with E-state index in [0.717, 1.165) is 25.2 Å². The van der Waals surface area contributed by atoms with Gasteiger partial charge in [0.1, 0.15) is 11.4 Å². The summed E-state index contributed by atoms with van der Waals surface area (Å²) in [5, 5.41) is 0. The van der Waals surface area contributed by atoms with Crippen molar-refractivity contribution in [3.05, 3.63) is 0 Å². The predicted molar refractivity (Wildman–Crippen MR) is 69.1 cm³/mol. The minimum Gasteiger partial charge on any atom is -0.459 e. The highest BCUT2D eigenvalue weighted by molar-refractivity contribution is 5.81. The van der Waals surface area contributed by atoms with Crippen molar-refractivity contribution in [3.63, 3.8) is 0 Å².